The van der Waals surface area contributed by atoms with E-state index in [4.69, 9.17) is 4.74 Å². The second-order valence-corrected chi connectivity index (χ2v) is 7.71. The van der Waals surface area contributed by atoms with E-state index in [1.165, 1.54) is 11.4 Å². The first-order valence-electron chi connectivity index (χ1n) is 7.60. The summed E-state index contributed by atoms with van der Waals surface area (Å²) in [6, 6.07) is 7.25. The topological polar surface area (TPSA) is 72.9 Å². The molecule has 1 aromatic rings. The number of carbonyl (C=O) groups excluding carboxylic acids is 1. The van der Waals surface area contributed by atoms with Gasteiger partial charge in [0.05, 0.1) is 25.9 Å². The van der Waals surface area contributed by atoms with Crippen LogP contribution >= 0.6 is 0 Å². The molecule has 0 amide bonds. The van der Waals surface area contributed by atoms with E-state index in [1.807, 2.05) is 24.3 Å². The molecule has 0 aliphatic carbocycles. The van der Waals surface area contributed by atoms with Crippen molar-refractivity contribution < 1.29 is 22.7 Å². The largest absolute Gasteiger partial charge is 0.497 e. The summed E-state index contributed by atoms with van der Waals surface area (Å²) in [4.78, 5) is 11.5. The highest BCUT2D eigenvalue weighted by molar-refractivity contribution is 7.89. The van der Waals surface area contributed by atoms with Crippen molar-refractivity contribution in [1.29, 1.82) is 0 Å². The second-order valence-electron chi connectivity index (χ2n) is 5.74. The zero-order valence-corrected chi connectivity index (χ0v) is 14.5. The van der Waals surface area contributed by atoms with Gasteiger partial charge in [-0.15, -0.1) is 0 Å². The van der Waals surface area contributed by atoms with Gasteiger partial charge in [0.25, 0.3) is 0 Å². The molecule has 2 rings (SSSR count). The lowest BCUT2D eigenvalue weighted by Gasteiger charge is -2.25. The molecule has 1 aromatic carbocycles. The molecule has 1 aliphatic heterocycles. The molecule has 0 spiro atoms. The summed E-state index contributed by atoms with van der Waals surface area (Å²) in [6.07, 6.45) is 1.58. The highest BCUT2D eigenvalue weighted by Gasteiger charge is 2.36. The Balaban J connectivity index is 2.18. The number of nitrogens with zero attached hydrogens (tertiary/aromatic N) is 1. The van der Waals surface area contributed by atoms with Gasteiger partial charge >= 0.3 is 5.97 Å². The van der Waals surface area contributed by atoms with Crippen molar-refractivity contribution in [2.75, 3.05) is 26.5 Å². The predicted molar refractivity (Wildman–Crippen MR) is 86.6 cm³/mol. The van der Waals surface area contributed by atoms with Gasteiger partial charge in [0.1, 0.15) is 5.75 Å². The molecule has 0 bridgehead atoms. The van der Waals surface area contributed by atoms with E-state index >= 15 is 0 Å². The van der Waals surface area contributed by atoms with E-state index < -0.39 is 21.9 Å². The monoisotopic (exact) mass is 341 g/mol. The van der Waals surface area contributed by atoms with Crippen molar-refractivity contribution in [3.05, 3.63) is 29.8 Å². The smallest absolute Gasteiger partial charge is 0.309 e. The SMILES string of the molecule is COC(=O)[C@@H](C)CS(=O)(=O)N1CCC[C@@H]1c1ccc(OC)cc1. The maximum atomic E-state index is 12.7. The molecule has 0 radical (unpaired) electrons. The van der Waals surface area contributed by atoms with E-state index in [2.05, 4.69) is 4.74 Å². The molecule has 23 heavy (non-hydrogen) atoms. The molecule has 128 valence electrons. The molecule has 0 N–H and O–H groups in total. The molecule has 7 heteroatoms. The van der Waals surface area contributed by atoms with Crippen molar-refractivity contribution in [3.63, 3.8) is 0 Å². The van der Waals surface area contributed by atoms with Crippen LogP contribution in [0.2, 0.25) is 0 Å². The van der Waals surface area contributed by atoms with Crippen LogP contribution in [0.15, 0.2) is 24.3 Å². The van der Waals surface area contributed by atoms with Crippen LogP contribution in [0.5, 0.6) is 5.75 Å². The minimum Gasteiger partial charge on any atom is -0.497 e. The number of carbonyl (C=O) groups is 1. The zero-order valence-electron chi connectivity index (χ0n) is 13.7. The van der Waals surface area contributed by atoms with Gasteiger partial charge in [0, 0.05) is 12.6 Å². The zero-order chi connectivity index (χ0) is 17.0. The summed E-state index contributed by atoms with van der Waals surface area (Å²) in [5, 5.41) is 0. The Morgan fingerprint density at radius 3 is 2.52 bits per heavy atom. The van der Waals surface area contributed by atoms with E-state index in [0.717, 1.165) is 24.2 Å². The number of hydrogen-bond acceptors (Lipinski definition) is 5. The number of esters is 1. The molecule has 0 unspecified atom stereocenters. The molecule has 6 nitrogen and oxygen atoms in total. The standard InChI is InChI=1S/C16H23NO5S/c1-12(16(18)22-3)11-23(19,20)17-10-4-5-15(17)13-6-8-14(21-2)9-7-13/h6-9,12,15H,4-5,10-11H2,1-3H3/t12-,15+/m0/s1. The predicted octanol–water partition coefficient (Wildman–Crippen LogP) is 1.97. The normalized spacial score (nSPS) is 20.2. The molecule has 2 atom stereocenters. The average Bonchev–Trinajstić information content (AvgIpc) is 3.04. The fourth-order valence-electron chi connectivity index (χ4n) is 2.91. The molecular formula is C16H23NO5S. The first kappa shape index (κ1) is 17.7. The van der Waals surface area contributed by atoms with Crippen molar-refractivity contribution in [2.45, 2.75) is 25.8 Å². The number of benzene rings is 1. The van der Waals surface area contributed by atoms with Crippen LogP contribution in [0.4, 0.5) is 0 Å². The molecular weight excluding hydrogens is 318 g/mol. The van der Waals surface area contributed by atoms with Crippen molar-refractivity contribution in [1.82, 2.24) is 4.31 Å². The third kappa shape index (κ3) is 4.03. The maximum Gasteiger partial charge on any atom is 0.309 e. The summed E-state index contributed by atoms with van der Waals surface area (Å²) in [5.74, 6) is -0.678. The lowest BCUT2D eigenvalue weighted by atomic mass is 10.1. The van der Waals surface area contributed by atoms with E-state index in [1.54, 1.807) is 14.0 Å². The Kier molecular flexibility index (Phi) is 5.64. The Morgan fingerprint density at radius 1 is 1.30 bits per heavy atom. The first-order chi connectivity index (χ1) is 10.9. The van der Waals surface area contributed by atoms with Gasteiger partial charge in [0.2, 0.25) is 10.0 Å². The third-order valence-electron chi connectivity index (χ3n) is 4.13. The van der Waals surface area contributed by atoms with Crippen LogP contribution in [0.3, 0.4) is 0 Å². The first-order valence-corrected chi connectivity index (χ1v) is 9.21. The lowest BCUT2D eigenvalue weighted by Crippen LogP contribution is -2.36. The quantitative estimate of drug-likeness (QED) is 0.740. The Morgan fingerprint density at radius 2 is 1.96 bits per heavy atom. The summed E-state index contributed by atoms with van der Waals surface area (Å²) in [7, 11) is -0.668. The third-order valence-corrected chi connectivity index (χ3v) is 6.20. The van der Waals surface area contributed by atoms with Crippen LogP contribution in [-0.4, -0.2) is 45.2 Å². The Labute approximate surface area is 137 Å². The number of sulfonamides is 1. The van der Waals surface area contributed by atoms with Crippen LogP contribution in [-0.2, 0) is 19.6 Å². The van der Waals surface area contributed by atoms with Gasteiger partial charge in [-0.1, -0.05) is 19.1 Å². The van der Waals surface area contributed by atoms with Crippen LogP contribution in [0.25, 0.3) is 0 Å². The molecule has 0 saturated carbocycles. The van der Waals surface area contributed by atoms with Crippen LogP contribution in [0.1, 0.15) is 31.4 Å². The summed E-state index contributed by atoms with van der Waals surface area (Å²) in [5.41, 5.74) is 0.942. The molecule has 1 fully saturated rings. The number of rotatable bonds is 6. The Bertz CT molecular complexity index is 641. The molecule has 1 saturated heterocycles. The maximum absolute atomic E-state index is 12.7. The van der Waals surface area contributed by atoms with Crippen molar-refractivity contribution >= 4 is 16.0 Å². The van der Waals surface area contributed by atoms with Crippen LogP contribution in [0, 0.1) is 5.92 Å². The summed E-state index contributed by atoms with van der Waals surface area (Å²) >= 11 is 0. The minimum absolute atomic E-state index is 0.184. The number of methoxy groups -OCH3 is 2. The Hall–Kier alpha value is -1.60. The minimum atomic E-state index is -3.53. The summed E-state index contributed by atoms with van der Waals surface area (Å²) in [6.45, 7) is 2.05. The fourth-order valence-corrected chi connectivity index (χ4v) is 4.89. The van der Waals surface area contributed by atoms with Gasteiger partial charge in [-0.3, -0.25) is 4.79 Å². The highest BCUT2D eigenvalue weighted by atomic mass is 32.2. The highest BCUT2D eigenvalue weighted by Crippen LogP contribution is 2.35. The number of hydrogen-bond donors (Lipinski definition) is 0. The molecule has 0 aromatic heterocycles. The van der Waals surface area contributed by atoms with E-state index in [-0.39, 0.29) is 11.8 Å². The average molecular weight is 341 g/mol. The van der Waals surface area contributed by atoms with Crippen molar-refractivity contribution in [2.24, 2.45) is 5.92 Å². The summed E-state index contributed by atoms with van der Waals surface area (Å²) < 4.78 is 36.6. The second kappa shape index (κ2) is 7.31. The van der Waals surface area contributed by atoms with E-state index in [9.17, 15) is 13.2 Å². The van der Waals surface area contributed by atoms with Gasteiger partial charge in [-0.05, 0) is 30.5 Å². The lowest BCUT2D eigenvalue weighted by molar-refractivity contribution is -0.144. The molecule has 1 heterocycles. The van der Waals surface area contributed by atoms with Gasteiger partial charge in [-0.2, -0.15) is 4.31 Å². The van der Waals surface area contributed by atoms with Gasteiger partial charge < -0.3 is 9.47 Å². The van der Waals surface area contributed by atoms with E-state index in [0.29, 0.717) is 6.54 Å². The van der Waals surface area contributed by atoms with Gasteiger partial charge in [0.15, 0.2) is 0 Å². The fraction of sp³-hybridized carbons (Fsp3) is 0.562. The number of ether oxygens (including phenoxy) is 2. The van der Waals surface area contributed by atoms with Gasteiger partial charge in [-0.25, -0.2) is 8.42 Å². The van der Waals surface area contributed by atoms with Crippen molar-refractivity contribution in [3.8, 4) is 5.75 Å². The van der Waals surface area contributed by atoms with Crippen LogP contribution < -0.4 is 4.74 Å². The molecule has 1 aliphatic rings.